The van der Waals surface area contributed by atoms with Crippen molar-refractivity contribution < 1.29 is 4.79 Å². The van der Waals surface area contributed by atoms with Gasteiger partial charge < -0.3 is 14.8 Å². The van der Waals surface area contributed by atoms with E-state index in [4.69, 9.17) is 0 Å². The molecule has 2 aliphatic heterocycles. The molecule has 2 saturated heterocycles. The lowest BCUT2D eigenvalue weighted by Crippen LogP contribution is -2.34. The van der Waals surface area contributed by atoms with Crippen LogP contribution in [0.15, 0.2) is 54.9 Å². The van der Waals surface area contributed by atoms with Gasteiger partial charge >= 0.3 is 0 Å². The smallest absolute Gasteiger partial charge is 0.254 e. The van der Waals surface area contributed by atoms with Crippen molar-refractivity contribution in [3.63, 3.8) is 0 Å². The van der Waals surface area contributed by atoms with E-state index in [9.17, 15) is 4.79 Å². The Bertz CT molecular complexity index is 965. The number of amides is 1. The lowest BCUT2D eigenvalue weighted by Gasteiger charge is -2.28. The van der Waals surface area contributed by atoms with Gasteiger partial charge in [-0.05, 0) is 29.7 Å². The zero-order valence-corrected chi connectivity index (χ0v) is 14.8. The molecule has 0 aliphatic carbocycles. The summed E-state index contributed by atoms with van der Waals surface area (Å²) in [5, 5.41) is 3.50. The van der Waals surface area contributed by atoms with Crippen LogP contribution in [0.3, 0.4) is 0 Å². The van der Waals surface area contributed by atoms with Crippen LogP contribution in [-0.2, 0) is 7.05 Å². The van der Waals surface area contributed by atoms with Crippen LogP contribution in [0.2, 0.25) is 0 Å². The molecule has 1 N–H and O–H groups in total. The number of imidazole rings is 1. The van der Waals surface area contributed by atoms with Gasteiger partial charge in [0, 0.05) is 38.2 Å². The van der Waals surface area contributed by atoms with E-state index in [0.717, 1.165) is 36.2 Å². The molecule has 1 amide bonds. The van der Waals surface area contributed by atoms with E-state index < -0.39 is 0 Å². The molecule has 5 nitrogen and oxygen atoms in total. The third kappa shape index (κ3) is 2.35. The zero-order chi connectivity index (χ0) is 17.7. The Kier molecular flexibility index (Phi) is 3.57. The number of aryl methyl sites for hydroxylation is 1. The minimum Gasteiger partial charge on any atom is -0.334 e. The summed E-state index contributed by atoms with van der Waals surface area (Å²) in [5.41, 5.74) is 3.88. The van der Waals surface area contributed by atoms with Crippen LogP contribution in [-0.4, -0.2) is 40.0 Å². The Morgan fingerprint density at radius 3 is 2.85 bits per heavy atom. The summed E-state index contributed by atoms with van der Waals surface area (Å²) in [6.07, 6.45) is 1.79. The molecule has 0 bridgehead atoms. The molecule has 3 aromatic rings. The third-order valence-electron chi connectivity index (χ3n) is 5.94. The highest BCUT2D eigenvalue weighted by Gasteiger charge is 2.46. The number of nitrogens with one attached hydrogen (secondary N) is 1. The predicted octanol–water partition coefficient (Wildman–Crippen LogP) is 2.61. The van der Waals surface area contributed by atoms with Gasteiger partial charge in [0.1, 0.15) is 0 Å². The van der Waals surface area contributed by atoms with Gasteiger partial charge in [-0.1, -0.05) is 30.3 Å². The van der Waals surface area contributed by atoms with E-state index >= 15 is 0 Å². The number of nitrogens with zero attached hydrogens (tertiary/aromatic N) is 3. The van der Waals surface area contributed by atoms with E-state index in [1.54, 1.807) is 6.33 Å². The van der Waals surface area contributed by atoms with Gasteiger partial charge in [-0.2, -0.15) is 0 Å². The predicted molar refractivity (Wildman–Crippen MR) is 101 cm³/mol. The number of hydrogen-bond donors (Lipinski definition) is 1. The van der Waals surface area contributed by atoms with Crippen molar-refractivity contribution in [1.82, 2.24) is 19.8 Å². The quantitative estimate of drug-likeness (QED) is 0.776. The average molecular weight is 346 g/mol. The lowest BCUT2D eigenvalue weighted by molar-refractivity contribution is 0.0714. The van der Waals surface area contributed by atoms with Gasteiger partial charge in [-0.3, -0.25) is 4.79 Å². The van der Waals surface area contributed by atoms with E-state index in [2.05, 4.69) is 39.5 Å². The summed E-state index contributed by atoms with van der Waals surface area (Å²) in [4.78, 5) is 19.9. The molecular formula is C21H22N4O. The van der Waals surface area contributed by atoms with Crippen molar-refractivity contribution in [2.24, 2.45) is 18.9 Å². The highest BCUT2D eigenvalue weighted by Crippen LogP contribution is 2.43. The SMILES string of the molecule is Cn1cnc2cc(C(=O)N3C[C@@H]4CNC[C@@H]4[C@@H]3c3ccccc3)ccc21. The Labute approximate surface area is 152 Å². The van der Waals surface area contributed by atoms with Gasteiger partial charge in [0.25, 0.3) is 5.91 Å². The number of carbonyl (C=O) groups excluding carboxylic acids is 1. The van der Waals surface area contributed by atoms with Crippen LogP contribution in [0.5, 0.6) is 0 Å². The minimum absolute atomic E-state index is 0.112. The van der Waals surface area contributed by atoms with Crippen molar-refractivity contribution in [2.75, 3.05) is 19.6 Å². The first-order chi connectivity index (χ1) is 12.7. The van der Waals surface area contributed by atoms with E-state index in [1.165, 1.54) is 5.56 Å². The fraction of sp³-hybridized carbons (Fsp3) is 0.333. The average Bonchev–Trinajstić information content (AvgIpc) is 3.36. The number of carbonyl (C=O) groups is 1. The molecule has 2 fully saturated rings. The third-order valence-corrected chi connectivity index (χ3v) is 5.94. The standard InChI is InChI=1S/C21H22N4O/c1-24-13-23-18-9-15(7-8-19(18)24)21(26)25-12-16-10-22-11-17(16)20(25)14-5-3-2-4-6-14/h2-9,13,16-17,20,22H,10-12H2,1H3/t16-,17-,20-/m0/s1. The van der Waals surface area contributed by atoms with Gasteiger partial charge in [-0.15, -0.1) is 0 Å². The number of fused-ring (bicyclic) bond motifs is 2. The Morgan fingerprint density at radius 2 is 2.00 bits per heavy atom. The highest BCUT2D eigenvalue weighted by molar-refractivity contribution is 5.97. The summed E-state index contributed by atoms with van der Waals surface area (Å²) in [7, 11) is 1.97. The molecule has 3 atom stereocenters. The van der Waals surface area contributed by atoms with Gasteiger partial charge in [-0.25, -0.2) is 4.98 Å². The second-order valence-electron chi connectivity index (χ2n) is 7.45. The number of hydrogen-bond acceptors (Lipinski definition) is 3. The fourth-order valence-corrected chi connectivity index (χ4v) is 4.64. The number of likely N-dealkylation sites (tertiary alicyclic amines) is 1. The zero-order valence-electron chi connectivity index (χ0n) is 14.8. The number of rotatable bonds is 2. The highest BCUT2D eigenvalue weighted by atomic mass is 16.2. The summed E-state index contributed by atoms with van der Waals surface area (Å²) >= 11 is 0. The molecular weight excluding hydrogens is 324 g/mol. The first kappa shape index (κ1) is 15.6. The molecule has 0 unspecified atom stereocenters. The first-order valence-electron chi connectivity index (χ1n) is 9.20. The number of aromatic nitrogens is 2. The van der Waals surface area contributed by atoms with E-state index in [1.807, 2.05) is 35.9 Å². The number of benzene rings is 2. The maximum atomic E-state index is 13.4. The fourth-order valence-electron chi connectivity index (χ4n) is 4.64. The molecule has 2 aromatic carbocycles. The molecule has 3 heterocycles. The van der Waals surface area contributed by atoms with Crippen LogP contribution in [0.25, 0.3) is 11.0 Å². The van der Waals surface area contributed by atoms with Crippen molar-refractivity contribution in [3.8, 4) is 0 Å². The van der Waals surface area contributed by atoms with Crippen molar-refractivity contribution in [1.29, 1.82) is 0 Å². The summed E-state index contributed by atoms with van der Waals surface area (Å²) in [6.45, 7) is 2.79. The van der Waals surface area contributed by atoms with Gasteiger partial charge in [0.05, 0.1) is 23.4 Å². The maximum Gasteiger partial charge on any atom is 0.254 e. The topological polar surface area (TPSA) is 50.2 Å². The lowest BCUT2D eigenvalue weighted by atomic mass is 9.89. The van der Waals surface area contributed by atoms with Crippen molar-refractivity contribution >= 4 is 16.9 Å². The molecule has 132 valence electrons. The largest absolute Gasteiger partial charge is 0.334 e. The first-order valence-corrected chi connectivity index (χ1v) is 9.20. The summed E-state index contributed by atoms with van der Waals surface area (Å²) in [6, 6.07) is 16.4. The molecule has 1 aromatic heterocycles. The molecule has 0 saturated carbocycles. The summed E-state index contributed by atoms with van der Waals surface area (Å²) < 4.78 is 1.97. The minimum atomic E-state index is 0.112. The normalized spacial score (nSPS) is 25.0. The van der Waals surface area contributed by atoms with Gasteiger partial charge in [0.2, 0.25) is 0 Å². The molecule has 2 aliphatic rings. The van der Waals surface area contributed by atoms with E-state index in [-0.39, 0.29) is 11.9 Å². The van der Waals surface area contributed by atoms with Crippen LogP contribution in [0, 0.1) is 11.8 Å². The molecule has 5 heteroatoms. The Balaban J connectivity index is 1.53. The van der Waals surface area contributed by atoms with E-state index in [0.29, 0.717) is 11.8 Å². The monoisotopic (exact) mass is 346 g/mol. The Morgan fingerprint density at radius 1 is 1.15 bits per heavy atom. The van der Waals surface area contributed by atoms with Crippen LogP contribution in [0.4, 0.5) is 0 Å². The molecule has 0 radical (unpaired) electrons. The van der Waals surface area contributed by atoms with Crippen LogP contribution in [0.1, 0.15) is 22.0 Å². The second-order valence-corrected chi connectivity index (χ2v) is 7.45. The molecule has 26 heavy (non-hydrogen) atoms. The Hall–Kier alpha value is -2.66. The molecule has 0 spiro atoms. The maximum absolute atomic E-state index is 13.4. The second kappa shape index (κ2) is 5.95. The van der Waals surface area contributed by atoms with Gasteiger partial charge in [0.15, 0.2) is 0 Å². The van der Waals surface area contributed by atoms with Crippen molar-refractivity contribution in [3.05, 3.63) is 66.0 Å². The molecule has 5 rings (SSSR count). The van der Waals surface area contributed by atoms with Crippen molar-refractivity contribution in [2.45, 2.75) is 6.04 Å². The van der Waals surface area contributed by atoms with Crippen LogP contribution < -0.4 is 5.32 Å². The summed E-state index contributed by atoms with van der Waals surface area (Å²) in [5.74, 6) is 1.13. The van der Waals surface area contributed by atoms with Crippen LogP contribution >= 0.6 is 0 Å².